The molecule has 1 saturated heterocycles. The van der Waals surface area contributed by atoms with Gasteiger partial charge in [0.1, 0.15) is 2.65 Å². The van der Waals surface area contributed by atoms with Gasteiger partial charge in [0.25, 0.3) is 0 Å². The van der Waals surface area contributed by atoms with Crippen molar-refractivity contribution in [2.45, 2.75) is 42.3 Å². The van der Waals surface area contributed by atoms with Gasteiger partial charge in [-0.3, -0.25) is 0 Å². The molecule has 1 aliphatic heterocycles. The van der Waals surface area contributed by atoms with Crippen molar-refractivity contribution < 1.29 is 14.2 Å². The summed E-state index contributed by atoms with van der Waals surface area (Å²) in [4.78, 5) is 0. The van der Waals surface area contributed by atoms with Crippen molar-refractivity contribution in [3.63, 3.8) is 0 Å². The van der Waals surface area contributed by atoms with E-state index in [2.05, 4.69) is 47.8 Å². The minimum Gasteiger partial charge on any atom is -0.324 e. The largest absolute Gasteiger partial charge is 0.324 e. The molecule has 0 spiro atoms. The smallest absolute Gasteiger partial charge is 0.161 e. The predicted molar refractivity (Wildman–Crippen MR) is 62.2 cm³/mol. The van der Waals surface area contributed by atoms with Crippen LogP contribution in [-0.4, -0.2) is 21.5 Å². The average molecular weight is 385 g/mol. The Labute approximate surface area is 104 Å². The second-order valence-electron chi connectivity index (χ2n) is 2.36. The Kier molecular flexibility index (Phi) is 8.36. The van der Waals surface area contributed by atoms with Crippen molar-refractivity contribution in [3.05, 3.63) is 0 Å². The first-order valence-corrected chi connectivity index (χ1v) is 6.55. The van der Waals surface area contributed by atoms with E-state index in [9.17, 15) is 0 Å². The minimum atomic E-state index is -0.135. The molecule has 0 saturated carbocycles. The number of rotatable bonds is 0. The zero-order valence-corrected chi connectivity index (χ0v) is 12.4. The number of halogens is 3. The fourth-order valence-electron chi connectivity index (χ4n) is 0.906. The van der Waals surface area contributed by atoms with Crippen molar-refractivity contribution in [1.82, 2.24) is 0 Å². The standard InChI is InChI=1S/C6H12O3.CHBr3/c1-4-7-5(2)9-6(3)8-4;2-1(3)4/h4-6H,1-3H3;1H. The fourth-order valence-corrected chi connectivity index (χ4v) is 0.906. The number of hydrogen-bond acceptors (Lipinski definition) is 3. The van der Waals surface area contributed by atoms with E-state index < -0.39 is 0 Å². The van der Waals surface area contributed by atoms with E-state index in [-0.39, 0.29) is 21.5 Å². The van der Waals surface area contributed by atoms with Crippen LogP contribution < -0.4 is 0 Å². The lowest BCUT2D eigenvalue weighted by atomic mass is 10.6. The van der Waals surface area contributed by atoms with Crippen LogP contribution in [0.1, 0.15) is 20.8 Å². The van der Waals surface area contributed by atoms with Crippen LogP contribution >= 0.6 is 47.8 Å². The zero-order chi connectivity index (χ0) is 10.4. The van der Waals surface area contributed by atoms with E-state index in [1.54, 1.807) is 0 Å². The van der Waals surface area contributed by atoms with Crippen molar-refractivity contribution in [1.29, 1.82) is 0 Å². The van der Waals surface area contributed by atoms with Crippen molar-refractivity contribution >= 4 is 47.8 Å². The van der Waals surface area contributed by atoms with Gasteiger partial charge in [-0.15, -0.1) is 0 Å². The van der Waals surface area contributed by atoms with Crippen LogP contribution in [0.4, 0.5) is 0 Å². The van der Waals surface area contributed by atoms with Crippen LogP contribution in [0, 0.1) is 0 Å². The van der Waals surface area contributed by atoms with E-state index >= 15 is 0 Å². The van der Waals surface area contributed by atoms with Gasteiger partial charge >= 0.3 is 0 Å². The molecule has 1 fully saturated rings. The zero-order valence-electron chi connectivity index (χ0n) is 7.67. The molecule has 0 radical (unpaired) electrons. The minimum absolute atomic E-state index is 0.135. The quantitative estimate of drug-likeness (QED) is 0.598. The summed E-state index contributed by atoms with van der Waals surface area (Å²) in [6.07, 6.45) is -0.406. The molecule has 3 nitrogen and oxygen atoms in total. The van der Waals surface area contributed by atoms with E-state index in [0.717, 1.165) is 0 Å². The van der Waals surface area contributed by atoms with Crippen molar-refractivity contribution in [3.8, 4) is 0 Å². The third-order valence-electron chi connectivity index (χ3n) is 1.15. The first kappa shape index (κ1) is 14.3. The summed E-state index contributed by atoms with van der Waals surface area (Å²) >= 11 is 9.31. The van der Waals surface area contributed by atoms with E-state index in [0.29, 0.717) is 0 Å². The van der Waals surface area contributed by atoms with Crippen molar-refractivity contribution in [2.75, 3.05) is 0 Å². The molecule has 0 bridgehead atoms. The second-order valence-corrected chi connectivity index (χ2v) is 8.79. The molecule has 6 heteroatoms. The summed E-state index contributed by atoms with van der Waals surface area (Å²) < 4.78 is 15.6. The number of ether oxygens (including phenoxy) is 3. The molecule has 1 rings (SSSR count). The molecule has 0 aromatic carbocycles. The first-order valence-electron chi connectivity index (χ1n) is 3.80. The van der Waals surface area contributed by atoms with Gasteiger partial charge in [-0.25, -0.2) is 0 Å². The molecule has 0 aliphatic carbocycles. The van der Waals surface area contributed by atoms with Crippen LogP contribution in [0.3, 0.4) is 0 Å². The molecule has 0 amide bonds. The van der Waals surface area contributed by atoms with Crippen LogP contribution in [0.2, 0.25) is 0 Å². The monoisotopic (exact) mass is 382 g/mol. The molecule has 0 aromatic heterocycles. The Morgan fingerprint density at radius 1 is 0.769 bits per heavy atom. The third-order valence-corrected chi connectivity index (χ3v) is 1.15. The van der Waals surface area contributed by atoms with Gasteiger partial charge in [0.15, 0.2) is 18.9 Å². The van der Waals surface area contributed by atoms with Crippen LogP contribution in [-0.2, 0) is 14.2 Å². The Balaban J connectivity index is 0.000000310. The van der Waals surface area contributed by atoms with Crippen LogP contribution in [0.15, 0.2) is 0 Å². The Bertz CT molecular complexity index is 106. The summed E-state index contributed by atoms with van der Waals surface area (Å²) in [5.41, 5.74) is 0. The average Bonchev–Trinajstić information content (AvgIpc) is 1.80. The molecule has 0 atom stereocenters. The molecular formula is C7H13Br3O3. The highest BCUT2D eigenvalue weighted by molar-refractivity contribution is 9.38. The topological polar surface area (TPSA) is 27.7 Å². The summed E-state index contributed by atoms with van der Waals surface area (Å²) in [5, 5.41) is 0. The molecule has 1 aliphatic rings. The molecule has 80 valence electrons. The molecule has 0 N–H and O–H groups in total. The highest BCUT2D eigenvalue weighted by Crippen LogP contribution is 2.14. The SMILES string of the molecule is BrC(Br)Br.CC1OC(C)OC(C)O1. The molecule has 0 unspecified atom stereocenters. The summed E-state index contributed by atoms with van der Waals surface area (Å²) in [5.74, 6) is 0. The van der Waals surface area contributed by atoms with Crippen molar-refractivity contribution in [2.24, 2.45) is 0 Å². The van der Waals surface area contributed by atoms with Gasteiger partial charge in [0, 0.05) is 0 Å². The maximum absolute atomic E-state index is 5.11. The van der Waals surface area contributed by atoms with Gasteiger partial charge in [-0.2, -0.15) is 0 Å². The Hall–Kier alpha value is 1.32. The number of alkyl halides is 3. The highest BCUT2D eigenvalue weighted by atomic mass is 80.0. The lowest BCUT2D eigenvalue weighted by Crippen LogP contribution is -2.35. The molecule has 0 aromatic rings. The predicted octanol–water partition coefficient (Wildman–Crippen LogP) is 3.54. The molecule has 1 heterocycles. The Morgan fingerprint density at radius 2 is 0.923 bits per heavy atom. The third kappa shape index (κ3) is 9.62. The van der Waals surface area contributed by atoms with E-state index in [1.165, 1.54) is 0 Å². The van der Waals surface area contributed by atoms with Gasteiger partial charge in [0.05, 0.1) is 0 Å². The van der Waals surface area contributed by atoms with Crippen LogP contribution in [0.25, 0.3) is 0 Å². The second kappa shape index (κ2) is 7.59. The van der Waals surface area contributed by atoms with Crippen LogP contribution in [0.5, 0.6) is 0 Å². The van der Waals surface area contributed by atoms with E-state index in [4.69, 9.17) is 14.2 Å². The fraction of sp³-hybridized carbons (Fsp3) is 1.00. The number of hydrogen-bond donors (Lipinski definition) is 0. The maximum Gasteiger partial charge on any atom is 0.161 e. The van der Waals surface area contributed by atoms with E-state index in [1.807, 2.05) is 20.8 Å². The van der Waals surface area contributed by atoms with Gasteiger partial charge in [0.2, 0.25) is 0 Å². The van der Waals surface area contributed by atoms with Gasteiger partial charge in [-0.1, -0.05) is 47.8 Å². The summed E-state index contributed by atoms with van der Waals surface area (Å²) in [7, 11) is 0. The normalized spacial score (nSPS) is 33.9. The lowest BCUT2D eigenvalue weighted by Gasteiger charge is -2.30. The Morgan fingerprint density at radius 3 is 1.08 bits per heavy atom. The molecular weight excluding hydrogens is 372 g/mol. The maximum atomic E-state index is 5.11. The first-order chi connectivity index (χ1) is 5.91. The summed E-state index contributed by atoms with van der Waals surface area (Å²) in [6.45, 7) is 5.57. The molecule has 13 heavy (non-hydrogen) atoms. The highest BCUT2D eigenvalue weighted by Gasteiger charge is 2.20. The van der Waals surface area contributed by atoms with Gasteiger partial charge in [-0.05, 0) is 20.8 Å². The van der Waals surface area contributed by atoms with Gasteiger partial charge < -0.3 is 14.2 Å². The lowest BCUT2D eigenvalue weighted by molar-refractivity contribution is -0.367. The summed E-state index contributed by atoms with van der Waals surface area (Å²) in [6, 6.07) is 0.